The Kier molecular flexibility index (Phi) is 3.34. The zero-order chi connectivity index (χ0) is 10.7. The number of aliphatic hydroxyl groups is 1. The van der Waals surface area contributed by atoms with E-state index in [0.29, 0.717) is 6.04 Å². The Labute approximate surface area is 90.8 Å². The highest BCUT2D eigenvalue weighted by Crippen LogP contribution is 2.23. The summed E-state index contributed by atoms with van der Waals surface area (Å²) in [5.41, 5.74) is 1.07. The van der Waals surface area contributed by atoms with E-state index in [2.05, 4.69) is 16.9 Å². The van der Waals surface area contributed by atoms with Crippen molar-refractivity contribution in [2.75, 3.05) is 7.05 Å². The molecule has 0 amide bonds. The molecule has 0 bridgehead atoms. The van der Waals surface area contributed by atoms with Crippen molar-refractivity contribution in [3.8, 4) is 0 Å². The highest BCUT2D eigenvalue weighted by atomic mass is 16.3. The first-order chi connectivity index (χ1) is 7.27. The standard InChI is InChI=1S/C12H18N2O/c1-14(11-6-4-7-12(11)15)9-10-5-2-3-8-13-10/h2-3,5,8,11-12,15H,4,6-7,9H2,1H3/t11-,12-/m0/s1. The number of likely N-dealkylation sites (N-methyl/N-ethyl adjacent to an activating group) is 1. The third-order valence-corrected chi connectivity index (χ3v) is 3.15. The molecule has 15 heavy (non-hydrogen) atoms. The smallest absolute Gasteiger partial charge is 0.0695 e. The second-order valence-corrected chi connectivity index (χ2v) is 4.30. The Morgan fingerprint density at radius 2 is 2.33 bits per heavy atom. The van der Waals surface area contributed by atoms with Gasteiger partial charge in [-0.05, 0) is 38.4 Å². The third kappa shape index (κ3) is 2.55. The lowest BCUT2D eigenvalue weighted by Crippen LogP contribution is -2.37. The van der Waals surface area contributed by atoms with Crippen LogP contribution in [0.25, 0.3) is 0 Å². The summed E-state index contributed by atoms with van der Waals surface area (Å²) in [4.78, 5) is 6.50. The first-order valence-electron chi connectivity index (χ1n) is 5.55. The van der Waals surface area contributed by atoms with Gasteiger partial charge in [0.05, 0.1) is 11.8 Å². The maximum Gasteiger partial charge on any atom is 0.0695 e. The zero-order valence-electron chi connectivity index (χ0n) is 9.13. The van der Waals surface area contributed by atoms with Crippen molar-refractivity contribution in [1.29, 1.82) is 0 Å². The van der Waals surface area contributed by atoms with Gasteiger partial charge in [-0.3, -0.25) is 9.88 Å². The van der Waals surface area contributed by atoms with E-state index >= 15 is 0 Å². The van der Waals surface area contributed by atoms with Gasteiger partial charge in [-0.15, -0.1) is 0 Å². The fourth-order valence-electron chi connectivity index (χ4n) is 2.30. The fraction of sp³-hybridized carbons (Fsp3) is 0.583. The first kappa shape index (κ1) is 10.6. The molecule has 1 heterocycles. The molecular formula is C12H18N2O. The summed E-state index contributed by atoms with van der Waals surface area (Å²) >= 11 is 0. The third-order valence-electron chi connectivity index (χ3n) is 3.15. The lowest BCUT2D eigenvalue weighted by Gasteiger charge is -2.26. The molecule has 1 aliphatic carbocycles. The van der Waals surface area contributed by atoms with Crippen molar-refractivity contribution in [3.05, 3.63) is 30.1 Å². The van der Waals surface area contributed by atoms with Gasteiger partial charge in [0.25, 0.3) is 0 Å². The van der Waals surface area contributed by atoms with Crippen molar-refractivity contribution in [2.24, 2.45) is 0 Å². The van der Waals surface area contributed by atoms with Crippen molar-refractivity contribution in [2.45, 2.75) is 38.0 Å². The average molecular weight is 206 g/mol. The number of nitrogens with zero attached hydrogens (tertiary/aromatic N) is 2. The minimum atomic E-state index is -0.154. The van der Waals surface area contributed by atoms with Crippen LogP contribution < -0.4 is 0 Å². The molecule has 1 fully saturated rings. The molecule has 2 rings (SSSR count). The number of hydrogen-bond acceptors (Lipinski definition) is 3. The Balaban J connectivity index is 1.94. The minimum absolute atomic E-state index is 0.154. The lowest BCUT2D eigenvalue weighted by molar-refractivity contribution is 0.0818. The van der Waals surface area contributed by atoms with Crippen LogP contribution in [-0.4, -0.2) is 34.2 Å². The van der Waals surface area contributed by atoms with Gasteiger partial charge in [0.1, 0.15) is 0 Å². The van der Waals surface area contributed by atoms with Gasteiger partial charge in [-0.1, -0.05) is 6.07 Å². The first-order valence-corrected chi connectivity index (χ1v) is 5.55. The molecular weight excluding hydrogens is 188 g/mol. The summed E-state index contributed by atoms with van der Waals surface area (Å²) < 4.78 is 0. The van der Waals surface area contributed by atoms with E-state index in [4.69, 9.17) is 0 Å². The number of hydrogen-bond donors (Lipinski definition) is 1. The van der Waals surface area contributed by atoms with Crippen LogP contribution in [0.4, 0.5) is 0 Å². The van der Waals surface area contributed by atoms with Crippen molar-refractivity contribution in [3.63, 3.8) is 0 Å². The molecule has 1 N–H and O–H groups in total. The van der Waals surface area contributed by atoms with Crippen LogP contribution in [-0.2, 0) is 6.54 Å². The van der Waals surface area contributed by atoms with E-state index in [0.717, 1.165) is 31.5 Å². The maximum absolute atomic E-state index is 9.78. The highest BCUT2D eigenvalue weighted by molar-refractivity contribution is 5.03. The summed E-state index contributed by atoms with van der Waals surface area (Å²) in [6, 6.07) is 6.26. The normalized spacial score (nSPS) is 26.1. The predicted molar refractivity (Wildman–Crippen MR) is 59.3 cm³/mol. The molecule has 3 nitrogen and oxygen atoms in total. The van der Waals surface area contributed by atoms with E-state index in [-0.39, 0.29) is 6.10 Å². The van der Waals surface area contributed by atoms with E-state index in [1.807, 2.05) is 24.4 Å². The van der Waals surface area contributed by atoms with Crippen LogP contribution in [0.15, 0.2) is 24.4 Å². The van der Waals surface area contributed by atoms with Gasteiger partial charge >= 0.3 is 0 Å². The molecule has 0 spiro atoms. The Hall–Kier alpha value is -0.930. The lowest BCUT2D eigenvalue weighted by atomic mass is 10.2. The number of pyridine rings is 1. The molecule has 0 radical (unpaired) electrons. The number of aromatic nitrogens is 1. The van der Waals surface area contributed by atoms with Crippen LogP contribution in [0.1, 0.15) is 25.0 Å². The molecule has 0 unspecified atom stereocenters. The summed E-state index contributed by atoms with van der Waals surface area (Å²) in [7, 11) is 2.06. The summed E-state index contributed by atoms with van der Waals surface area (Å²) in [6.07, 6.45) is 4.84. The predicted octanol–water partition coefficient (Wildman–Crippen LogP) is 1.43. The van der Waals surface area contributed by atoms with E-state index in [9.17, 15) is 5.11 Å². The van der Waals surface area contributed by atoms with Crippen LogP contribution in [0, 0.1) is 0 Å². The molecule has 82 valence electrons. The second kappa shape index (κ2) is 4.73. The largest absolute Gasteiger partial charge is 0.391 e. The SMILES string of the molecule is CN(Cc1ccccn1)[C@H]1CCC[C@@H]1O. The Morgan fingerprint density at radius 1 is 1.47 bits per heavy atom. The molecule has 0 aliphatic heterocycles. The van der Waals surface area contributed by atoms with Crippen molar-refractivity contribution >= 4 is 0 Å². The second-order valence-electron chi connectivity index (χ2n) is 4.30. The van der Waals surface area contributed by atoms with Crippen LogP contribution in [0.3, 0.4) is 0 Å². The van der Waals surface area contributed by atoms with Gasteiger partial charge in [0, 0.05) is 18.8 Å². The van der Waals surface area contributed by atoms with Crippen LogP contribution >= 0.6 is 0 Å². The van der Waals surface area contributed by atoms with Gasteiger partial charge in [0.2, 0.25) is 0 Å². The monoisotopic (exact) mass is 206 g/mol. The molecule has 1 aromatic rings. The molecule has 1 aromatic heterocycles. The maximum atomic E-state index is 9.78. The summed E-state index contributed by atoms with van der Waals surface area (Å²) in [5, 5.41) is 9.78. The van der Waals surface area contributed by atoms with Gasteiger partial charge in [0.15, 0.2) is 0 Å². The van der Waals surface area contributed by atoms with Crippen LogP contribution in [0.5, 0.6) is 0 Å². The number of rotatable bonds is 3. The summed E-state index contributed by atoms with van der Waals surface area (Å²) in [5.74, 6) is 0. The number of aliphatic hydroxyl groups excluding tert-OH is 1. The summed E-state index contributed by atoms with van der Waals surface area (Å²) in [6.45, 7) is 0.822. The van der Waals surface area contributed by atoms with Gasteiger partial charge in [-0.25, -0.2) is 0 Å². The highest BCUT2D eigenvalue weighted by Gasteiger charge is 2.28. The van der Waals surface area contributed by atoms with E-state index < -0.39 is 0 Å². The van der Waals surface area contributed by atoms with Crippen LogP contribution in [0.2, 0.25) is 0 Å². The average Bonchev–Trinajstić information content (AvgIpc) is 2.66. The Bertz CT molecular complexity index is 302. The van der Waals surface area contributed by atoms with Crippen molar-refractivity contribution < 1.29 is 5.11 Å². The quantitative estimate of drug-likeness (QED) is 0.812. The molecule has 2 atom stereocenters. The molecule has 3 heteroatoms. The topological polar surface area (TPSA) is 36.4 Å². The minimum Gasteiger partial charge on any atom is -0.391 e. The zero-order valence-corrected chi connectivity index (χ0v) is 9.13. The van der Waals surface area contributed by atoms with Gasteiger partial charge < -0.3 is 5.11 Å². The van der Waals surface area contributed by atoms with Gasteiger partial charge in [-0.2, -0.15) is 0 Å². The molecule has 0 saturated heterocycles. The molecule has 0 aromatic carbocycles. The molecule has 1 saturated carbocycles. The Morgan fingerprint density at radius 3 is 2.93 bits per heavy atom. The van der Waals surface area contributed by atoms with Crippen molar-refractivity contribution in [1.82, 2.24) is 9.88 Å². The fourth-order valence-corrected chi connectivity index (χ4v) is 2.30. The molecule has 1 aliphatic rings. The van der Waals surface area contributed by atoms with E-state index in [1.54, 1.807) is 0 Å². The van der Waals surface area contributed by atoms with E-state index in [1.165, 1.54) is 0 Å².